The minimum absolute atomic E-state index is 0.0753. The Bertz CT molecular complexity index is 619. The van der Waals surface area contributed by atoms with Gasteiger partial charge in [-0.3, -0.25) is 0 Å². The summed E-state index contributed by atoms with van der Waals surface area (Å²) in [5.41, 5.74) is 0.202. The van der Waals surface area contributed by atoms with Crippen molar-refractivity contribution in [2.24, 2.45) is 0 Å². The number of carboxylic acids is 1. The van der Waals surface area contributed by atoms with Gasteiger partial charge in [-0.25, -0.2) is 4.79 Å². The summed E-state index contributed by atoms with van der Waals surface area (Å²) in [6.45, 7) is 0. The van der Waals surface area contributed by atoms with E-state index < -0.39 is 11.7 Å². The monoisotopic (exact) mass is 246 g/mol. The van der Waals surface area contributed by atoms with Gasteiger partial charge in [0, 0.05) is 11.1 Å². The lowest BCUT2D eigenvalue weighted by Gasteiger charge is -2.09. The molecule has 2 aromatic rings. The van der Waals surface area contributed by atoms with E-state index in [0.717, 1.165) is 0 Å². The van der Waals surface area contributed by atoms with E-state index in [-0.39, 0.29) is 28.2 Å². The van der Waals surface area contributed by atoms with Gasteiger partial charge < -0.3 is 20.4 Å². The molecule has 18 heavy (non-hydrogen) atoms. The number of para-hydroxylation sites is 1. The molecule has 2 rings (SSSR count). The fraction of sp³-hybridized carbons (Fsp3) is 0. The lowest BCUT2D eigenvalue weighted by Crippen LogP contribution is -1.99. The fourth-order valence-electron chi connectivity index (χ4n) is 1.69. The van der Waals surface area contributed by atoms with E-state index in [1.165, 1.54) is 36.4 Å². The summed E-state index contributed by atoms with van der Waals surface area (Å²) in [5.74, 6) is -2.09. The molecule has 92 valence electrons. The van der Waals surface area contributed by atoms with Gasteiger partial charge >= 0.3 is 5.97 Å². The smallest absolute Gasteiger partial charge is 0.336 e. The van der Waals surface area contributed by atoms with Crippen LogP contribution in [-0.4, -0.2) is 26.4 Å². The van der Waals surface area contributed by atoms with Crippen LogP contribution < -0.4 is 0 Å². The molecule has 0 saturated carbocycles. The molecule has 0 aromatic heterocycles. The largest absolute Gasteiger partial charge is 0.508 e. The van der Waals surface area contributed by atoms with E-state index in [4.69, 9.17) is 5.11 Å². The van der Waals surface area contributed by atoms with E-state index in [2.05, 4.69) is 0 Å². The Hall–Kier alpha value is -2.69. The van der Waals surface area contributed by atoms with Crippen LogP contribution in [0, 0.1) is 0 Å². The van der Waals surface area contributed by atoms with Gasteiger partial charge in [-0.05, 0) is 24.3 Å². The van der Waals surface area contributed by atoms with Crippen molar-refractivity contribution >= 4 is 5.97 Å². The van der Waals surface area contributed by atoms with Crippen molar-refractivity contribution in [3.05, 3.63) is 42.0 Å². The van der Waals surface area contributed by atoms with E-state index in [1.807, 2.05) is 0 Å². The zero-order valence-corrected chi connectivity index (χ0v) is 9.16. The van der Waals surface area contributed by atoms with Gasteiger partial charge in [-0.15, -0.1) is 0 Å². The number of aromatic carboxylic acids is 1. The molecule has 4 N–H and O–H groups in total. The zero-order valence-electron chi connectivity index (χ0n) is 9.16. The molecular weight excluding hydrogens is 236 g/mol. The number of aromatic hydroxyl groups is 3. The van der Waals surface area contributed by atoms with Crippen molar-refractivity contribution in [1.29, 1.82) is 0 Å². The first-order valence-corrected chi connectivity index (χ1v) is 5.08. The minimum Gasteiger partial charge on any atom is -0.508 e. The first-order chi connectivity index (χ1) is 8.50. The van der Waals surface area contributed by atoms with Gasteiger partial charge in [0.05, 0.1) is 5.56 Å². The molecule has 0 aliphatic heterocycles. The van der Waals surface area contributed by atoms with Crippen molar-refractivity contribution in [1.82, 2.24) is 0 Å². The van der Waals surface area contributed by atoms with Crippen LogP contribution in [0.2, 0.25) is 0 Å². The third-order valence-corrected chi connectivity index (χ3v) is 2.54. The van der Waals surface area contributed by atoms with Crippen LogP contribution in [0.1, 0.15) is 10.4 Å². The topological polar surface area (TPSA) is 98.0 Å². The van der Waals surface area contributed by atoms with Crippen molar-refractivity contribution in [2.45, 2.75) is 0 Å². The third-order valence-electron chi connectivity index (χ3n) is 2.54. The number of hydrogen-bond acceptors (Lipinski definition) is 4. The van der Waals surface area contributed by atoms with Crippen molar-refractivity contribution in [3.63, 3.8) is 0 Å². The molecule has 0 unspecified atom stereocenters. The van der Waals surface area contributed by atoms with Gasteiger partial charge in [0.1, 0.15) is 5.75 Å². The van der Waals surface area contributed by atoms with Gasteiger partial charge in [0.25, 0.3) is 0 Å². The van der Waals surface area contributed by atoms with Crippen LogP contribution in [0.15, 0.2) is 36.4 Å². The van der Waals surface area contributed by atoms with Gasteiger partial charge in [0.15, 0.2) is 11.5 Å². The van der Waals surface area contributed by atoms with Gasteiger partial charge in [-0.1, -0.05) is 12.1 Å². The standard InChI is InChI=1S/C13H10O5/c14-7-4-5-9(13(17)18)10(6-7)8-2-1-3-11(15)12(8)16/h1-6,14-16H,(H,17,18). The molecule has 0 radical (unpaired) electrons. The highest BCUT2D eigenvalue weighted by molar-refractivity contribution is 5.97. The number of phenolic OH excluding ortho intramolecular Hbond substituents is 3. The number of hydrogen-bond donors (Lipinski definition) is 4. The van der Waals surface area contributed by atoms with Crippen molar-refractivity contribution < 1.29 is 25.2 Å². The number of rotatable bonds is 2. The molecule has 2 aromatic carbocycles. The Morgan fingerprint density at radius 1 is 0.944 bits per heavy atom. The summed E-state index contributed by atoms with van der Waals surface area (Å²) in [4.78, 5) is 11.1. The molecule has 0 saturated heterocycles. The lowest BCUT2D eigenvalue weighted by atomic mass is 9.98. The maximum absolute atomic E-state index is 11.1. The summed E-state index contributed by atoms with van der Waals surface area (Å²) >= 11 is 0. The molecule has 5 heteroatoms. The van der Waals surface area contributed by atoms with Gasteiger partial charge in [-0.2, -0.15) is 0 Å². The van der Waals surface area contributed by atoms with Crippen LogP contribution >= 0.6 is 0 Å². The van der Waals surface area contributed by atoms with Gasteiger partial charge in [0.2, 0.25) is 0 Å². The summed E-state index contributed by atoms with van der Waals surface area (Å²) in [6, 6.07) is 7.90. The average molecular weight is 246 g/mol. The third kappa shape index (κ3) is 1.93. The van der Waals surface area contributed by atoms with Crippen LogP contribution in [0.3, 0.4) is 0 Å². The Morgan fingerprint density at radius 3 is 2.33 bits per heavy atom. The SMILES string of the molecule is O=C(O)c1ccc(O)cc1-c1cccc(O)c1O. The molecular formula is C13H10O5. The maximum atomic E-state index is 11.1. The molecule has 0 atom stereocenters. The second-order valence-electron chi connectivity index (χ2n) is 3.71. The summed E-state index contributed by atoms with van der Waals surface area (Å²) in [5, 5.41) is 37.6. The highest BCUT2D eigenvalue weighted by Gasteiger charge is 2.16. The second kappa shape index (κ2) is 4.29. The quantitative estimate of drug-likeness (QED) is 0.609. The molecule has 5 nitrogen and oxygen atoms in total. The summed E-state index contributed by atoms with van der Waals surface area (Å²) in [7, 11) is 0. The second-order valence-corrected chi connectivity index (χ2v) is 3.71. The first kappa shape index (κ1) is 11.8. The molecule has 0 aliphatic rings. The summed E-state index contributed by atoms with van der Waals surface area (Å²) in [6.07, 6.45) is 0. The Labute approximate surface area is 102 Å². The number of benzene rings is 2. The van der Waals surface area contributed by atoms with Crippen LogP contribution in [0.5, 0.6) is 17.2 Å². The number of carboxylic acid groups (broad SMARTS) is 1. The van der Waals surface area contributed by atoms with Crippen molar-refractivity contribution in [3.8, 4) is 28.4 Å². The fourth-order valence-corrected chi connectivity index (χ4v) is 1.69. The number of phenols is 3. The Balaban J connectivity index is 2.73. The predicted octanol–water partition coefficient (Wildman–Crippen LogP) is 2.17. The van der Waals surface area contributed by atoms with Crippen molar-refractivity contribution in [2.75, 3.05) is 0 Å². The Kier molecular flexibility index (Phi) is 2.81. The Morgan fingerprint density at radius 2 is 1.67 bits per heavy atom. The molecule has 0 heterocycles. The van der Waals surface area contributed by atoms with Crippen LogP contribution in [0.4, 0.5) is 0 Å². The average Bonchev–Trinajstić information content (AvgIpc) is 2.32. The maximum Gasteiger partial charge on any atom is 0.336 e. The van der Waals surface area contributed by atoms with E-state index in [9.17, 15) is 20.1 Å². The highest BCUT2D eigenvalue weighted by Crippen LogP contribution is 2.38. The molecule has 0 aliphatic carbocycles. The zero-order chi connectivity index (χ0) is 13.3. The molecule has 0 fully saturated rings. The lowest BCUT2D eigenvalue weighted by molar-refractivity contribution is 0.0697. The molecule has 0 amide bonds. The van der Waals surface area contributed by atoms with E-state index in [0.29, 0.717) is 0 Å². The number of carbonyl (C=O) groups is 1. The van der Waals surface area contributed by atoms with E-state index >= 15 is 0 Å². The van der Waals surface area contributed by atoms with E-state index in [1.54, 1.807) is 0 Å². The first-order valence-electron chi connectivity index (χ1n) is 5.08. The minimum atomic E-state index is -1.19. The predicted molar refractivity (Wildman–Crippen MR) is 63.8 cm³/mol. The molecule has 0 spiro atoms. The van der Waals surface area contributed by atoms with Crippen LogP contribution in [0.25, 0.3) is 11.1 Å². The normalized spacial score (nSPS) is 10.2. The van der Waals surface area contributed by atoms with Crippen LogP contribution in [-0.2, 0) is 0 Å². The highest BCUT2D eigenvalue weighted by atomic mass is 16.4. The molecule has 0 bridgehead atoms. The summed E-state index contributed by atoms with van der Waals surface area (Å²) < 4.78 is 0.